The number of nitrogens with one attached hydrogen (secondary N) is 2. The van der Waals surface area contributed by atoms with Gasteiger partial charge in [0.05, 0.1) is 17.7 Å². The molecule has 7 nitrogen and oxygen atoms in total. The minimum atomic E-state index is -0.393. The van der Waals surface area contributed by atoms with Crippen molar-refractivity contribution in [2.24, 2.45) is 0 Å². The fourth-order valence-electron chi connectivity index (χ4n) is 3.46. The number of hydrogen-bond donors (Lipinski definition) is 2. The fraction of sp³-hybridized carbons (Fsp3) is 0.238. The molecule has 3 heterocycles. The van der Waals surface area contributed by atoms with Gasteiger partial charge in [0, 0.05) is 30.5 Å². The molecule has 0 bridgehead atoms. The largest absolute Gasteiger partial charge is 0.348 e. The molecule has 2 amide bonds. The molecular formula is C21H21N5O2. The second kappa shape index (κ2) is 7.64. The van der Waals surface area contributed by atoms with E-state index in [1.165, 1.54) is 0 Å². The standard InChI is InChI=1S/C21H21N5O2/c1-14-5-7-15(8-6-14)25-18(27)12-19(28)26-11-9-16-20(24-13-23-16)21(26)17-4-2-3-10-22-17/h2-8,10,13,21H,9,11-12H2,1H3,(H,23,24)(H,25,27)/t21-/m1/s1. The van der Waals surface area contributed by atoms with Gasteiger partial charge in [-0.05, 0) is 31.2 Å². The van der Waals surface area contributed by atoms with Crippen LogP contribution < -0.4 is 5.32 Å². The Balaban J connectivity index is 1.52. The van der Waals surface area contributed by atoms with Crippen LogP contribution in [0.15, 0.2) is 55.0 Å². The van der Waals surface area contributed by atoms with Crippen molar-refractivity contribution >= 4 is 17.5 Å². The van der Waals surface area contributed by atoms with Crippen molar-refractivity contribution in [1.29, 1.82) is 0 Å². The summed E-state index contributed by atoms with van der Waals surface area (Å²) in [6, 6.07) is 12.7. The summed E-state index contributed by atoms with van der Waals surface area (Å²) >= 11 is 0. The molecule has 2 N–H and O–H groups in total. The fourth-order valence-corrected chi connectivity index (χ4v) is 3.46. The van der Waals surface area contributed by atoms with Crippen LogP contribution in [0.2, 0.25) is 0 Å². The molecular weight excluding hydrogens is 354 g/mol. The SMILES string of the molecule is Cc1ccc(NC(=O)CC(=O)N2CCc3[nH]cnc3[C@H]2c2ccccn2)cc1. The number of aromatic nitrogens is 3. The van der Waals surface area contributed by atoms with Crippen LogP contribution in [0.4, 0.5) is 5.69 Å². The number of anilines is 1. The number of rotatable bonds is 4. The number of carbonyl (C=O) groups excluding carboxylic acids is 2. The molecule has 1 aliphatic heterocycles. The molecule has 0 saturated carbocycles. The summed E-state index contributed by atoms with van der Waals surface area (Å²) in [7, 11) is 0. The van der Waals surface area contributed by atoms with Crippen molar-refractivity contribution in [2.45, 2.75) is 25.8 Å². The number of aryl methyl sites for hydroxylation is 1. The average Bonchev–Trinajstić information content (AvgIpc) is 3.18. The van der Waals surface area contributed by atoms with Gasteiger partial charge in [0.2, 0.25) is 11.8 Å². The number of H-pyrrole nitrogens is 1. The summed E-state index contributed by atoms with van der Waals surface area (Å²) < 4.78 is 0. The van der Waals surface area contributed by atoms with Crippen molar-refractivity contribution < 1.29 is 9.59 Å². The minimum absolute atomic E-state index is 0.225. The lowest BCUT2D eigenvalue weighted by Gasteiger charge is -2.34. The monoisotopic (exact) mass is 375 g/mol. The number of nitrogens with zero attached hydrogens (tertiary/aromatic N) is 3. The predicted molar refractivity (Wildman–Crippen MR) is 105 cm³/mol. The summed E-state index contributed by atoms with van der Waals surface area (Å²) in [6.07, 6.45) is 3.78. The van der Waals surface area contributed by atoms with Crippen LogP contribution in [0.25, 0.3) is 0 Å². The average molecular weight is 375 g/mol. The highest BCUT2D eigenvalue weighted by atomic mass is 16.2. The third-order valence-electron chi connectivity index (χ3n) is 4.86. The van der Waals surface area contributed by atoms with Gasteiger partial charge in [0.15, 0.2) is 0 Å². The number of imidazole rings is 1. The summed E-state index contributed by atoms with van der Waals surface area (Å²) in [5.41, 5.74) is 4.32. The number of fused-ring (bicyclic) bond motifs is 1. The second-order valence-electron chi connectivity index (χ2n) is 6.85. The van der Waals surface area contributed by atoms with Crippen LogP contribution in [-0.2, 0) is 16.0 Å². The van der Waals surface area contributed by atoms with Gasteiger partial charge in [-0.15, -0.1) is 0 Å². The number of aromatic amines is 1. The van der Waals surface area contributed by atoms with E-state index in [4.69, 9.17) is 0 Å². The van der Waals surface area contributed by atoms with Crippen LogP contribution in [0.5, 0.6) is 0 Å². The van der Waals surface area contributed by atoms with Gasteiger partial charge in [-0.3, -0.25) is 14.6 Å². The van der Waals surface area contributed by atoms with Crippen LogP contribution in [-0.4, -0.2) is 38.2 Å². The Morgan fingerprint density at radius 2 is 2.00 bits per heavy atom. The molecule has 0 radical (unpaired) electrons. The molecule has 7 heteroatoms. The molecule has 0 saturated heterocycles. The van der Waals surface area contributed by atoms with E-state index in [2.05, 4.69) is 20.3 Å². The third kappa shape index (κ3) is 3.64. The maximum atomic E-state index is 13.0. The van der Waals surface area contributed by atoms with E-state index in [0.717, 1.165) is 22.6 Å². The Labute approximate surface area is 162 Å². The number of benzene rings is 1. The van der Waals surface area contributed by atoms with E-state index in [9.17, 15) is 9.59 Å². The molecule has 3 aromatic rings. The maximum absolute atomic E-state index is 13.0. The first-order chi connectivity index (χ1) is 13.6. The first-order valence-electron chi connectivity index (χ1n) is 9.21. The van der Waals surface area contributed by atoms with E-state index in [1.54, 1.807) is 17.4 Å². The highest BCUT2D eigenvalue weighted by molar-refractivity contribution is 6.03. The summed E-state index contributed by atoms with van der Waals surface area (Å²) in [6.45, 7) is 2.49. The normalized spacial score (nSPS) is 15.8. The van der Waals surface area contributed by atoms with E-state index in [0.29, 0.717) is 18.7 Å². The minimum Gasteiger partial charge on any atom is -0.348 e. The van der Waals surface area contributed by atoms with Gasteiger partial charge in [-0.1, -0.05) is 23.8 Å². The molecule has 0 fully saturated rings. The summed E-state index contributed by atoms with van der Waals surface area (Å²) in [5, 5.41) is 2.78. The van der Waals surface area contributed by atoms with Crippen molar-refractivity contribution in [3.8, 4) is 0 Å². The van der Waals surface area contributed by atoms with Crippen molar-refractivity contribution in [3.63, 3.8) is 0 Å². The van der Waals surface area contributed by atoms with Crippen molar-refractivity contribution in [3.05, 3.63) is 77.6 Å². The van der Waals surface area contributed by atoms with Crippen LogP contribution in [0, 0.1) is 6.92 Å². The first kappa shape index (κ1) is 17.9. The number of hydrogen-bond acceptors (Lipinski definition) is 4. The molecule has 0 unspecified atom stereocenters. The molecule has 2 aromatic heterocycles. The Kier molecular flexibility index (Phi) is 4.89. The molecule has 1 aliphatic rings. The molecule has 0 spiro atoms. The lowest BCUT2D eigenvalue weighted by molar-refractivity contribution is -0.136. The van der Waals surface area contributed by atoms with Gasteiger partial charge in [-0.25, -0.2) is 4.98 Å². The number of amides is 2. The third-order valence-corrected chi connectivity index (χ3v) is 4.86. The topological polar surface area (TPSA) is 91.0 Å². The zero-order valence-electron chi connectivity index (χ0n) is 15.6. The molecule has 142 valence electrons. The zero-order valence-corrected chi connectivity index (χ0v) is 15.6. The van der Waals surface area contributed by atoms with Gasteiger partial charge in [0.1, 0.15) is 12.5 Å². The van der Waals surface area contributed by atoms with Gasteiger partial charge in [0.25, 0.3) is 0 Å². The second-order valence-corrected chi connectivity index (χ2v) is 6.85. The highest BCUT2D eigenvalue weighted by Crippen LogP contribution is 2.32. The van der Waals surface area contributed by atoms with E-state index >= 15 is 0 Å². The Hall–Kier alpha value is -3.48. The number of carbonyl (C=O) groups is 2. The molecule has 1 atom stereocenters. The molecule has 28 heavy (non-hydrogen) atoms. The molecule has 0 aliphatic carbocycles. The molecule has 4 rings (SSSR count). The smallest absolute Gasteiger partial charge is 0.233 e. The Bertz CT molecular complexity index is 982. The van der Waals surface area contributed by atoms with Crippen LogP contribution in [0.3, 0.4) is 0 Å². The van der Waals surface area contributed by atoms with E-state index in [1.807, 2.05) is 49.4 Å². The van der Waals surface area contributed by atoms with Crippen LogP contribution >= 0.6 is 0 Å². The summed E-state index contributed by atoms with van der Waals surface area (Å²) in [4.78, 5) is 39.0. The van der Waals surface area contributed by atoms with E-state index < -0.39 is 6.04 Å². The zero-order chi connectivity index (χ0) is 19.5. The van der Waals surface area contributed by atoms with Crippen molar-refractivity contribution in [2.75, 3.05) is 11.9 Å². The maximum Gasteiger partial charge on any atom is 0.233 e. The van der Waals surface area contributed by atoms with Crippen molar-refractivity contribution in [1.82, 2.24) is 19.9 Å². The van der Waals surface area contributed by atoms with Gasteiger partial charge < -0.3 is 15.2 Å². The van der Waals surface area contributed by atoms with E-state index in [-0.39, 0.29) is 18.2 Å². The Morgan fingerprint density at radius 1 is 1.18 bits per heavy atom. The van der Waals surface area contributed by atoms with Gasteiger partial charge in [-0.2, -0.15) is 0 Å². The highest BCUT2D eigenvalue weighted by Gasteiger charge is 2.35. The number of pyridine rings is 1. The van der Waals surface area contributed by atoms with Gasteiger partial charge >= 0.3 is 0 Å². The first-order valence-corrected chi connectivity index (χ1v) is 9.21. The predicted octanol–water partition coefficient (Wildman–Crippen LogP) is 2.62. The quantitative estimate of drug-likeness (QED) is 0.686. The molecule has 1 aromatic carbocycles. The lowest BCUT2D eigenvalue weighted by atomic mass is 9.98. The van der Waals surface area contributed by atoms with Crippen LogP contribution in [0.1, 0.15) is 35.1 Å². The lowest BCUT2D eigenvalue weighted by Crippen LogP contribution is -2.42. The Morgan fingerprint density at radius 3 is 2.75 bits per heavy atom. The summed E-state index contributed by atoms with van der Waals surface area (Å²) in [5.74, 6) is -0.574.